The lowest BCUT2D eigenvalue weighted by Gasteiger charge is -2.26. The van der Waals surface area contributed by atoms with Gasteiger partial charge in [0, 0.05) is 30.2 Å². The lowest BCUT2D eigenvalue weighted by molar-refractivity contribution is -0.129. The number of carbonyl (C=O) groups excluding carboxylic acids is 1. The minimum atomic E-state index is 0.0355. The van der Waals surface area contributed by atoms with E-state index in [1.807, 2.05) is 70.1 Å². The Morgan fingerprint density at radius 2 is 1.78 bits per heavy atom. The van der Waals surface area contributed by atoms with E-state index in [2.05, 4.69) is 15.2 Å². The van der Waals surface area contributed by atoms with Crippen LogP contribution in [0.2, 0.25) is 0 Å². The summed E-state index contributed by atoms with van der Waals surface area (Å²) in [4.78, 5) is 19.5. The number of nitrogens with zero attached hydrogens (tertiary/aromatic N) is 5. The summed E-state index contributed by atoms with van der Waals surface area (Å²) in [6, 6.07) is 19.8. The van der Waals surface area contributed by atoms with Gasteiger partial charge in [-0.25, -0.2) is 0 Å². The van der Waals surface area contributed by atoms with Crippen LogP contribution in [0.3, 0.4) is 0 Å². The lowest BCUT2D eigenvalue weighted by Crippen LogP contribution is -2.32. The van der Waals surface area contributed by atoms with Crippen molar-refractivity contribution in [2.24, 2.45) is 0 Å². The molecule has 0 saturated carbocycles. The number of likely N-dealkylation sites (tertiary alicyclic amines) is 1. The normalized spacial score (nSPS) is 16.8. The molecule has 0 radical (unpaired) electrons. The summed E-state index contributed by atoms with van der Waals surface area (Å²) in [6.45, 7) is 1.85. The van der Waals surface area contributed by atoms with Gasteiger partial charge in [-0.1, -0.05) is 36.0 Å². The summed E-state index contributed by atoms with van der Waals surface area (Å²) in [5.74, 6) is 2.61. The number of amides is 1. The standard InChI is InChI=1S/C27H25N5O3S/c33-25(31-14-4-7-22(31)20-8-9-23-24(17-20)35-16-15-34-23)18-36-27-30-29-26(19-10-12-28-13-11-19)32(27)21-5-2-1-3-6-21/h1-3,5-6,8-13,17,22H,4,7,14-16,18H2/t22-/m0/s1. The molecule has 9 heteroatoms. The minimum Gasteiger partial charge on any atom is -0.486 e. The molecule has 2 aliphatic rings. The van der Waals surface area contributed by atoms with E-state index in [0.29, 0.717) is 24.2 Å². The molecule has 0 spiro atoms. The van der Waals surface area contributed by atoms with E-state index in [1.54, 1.807) is 12.4 Å². The molecule has 2 aliphatic heterocycles. The summed E-state index contributed by atoms with van der Waals surface area (Å²) < 4.78 is 13.4. The minimum absolute atomic E-state index is 0.0355. The topological polar surface area (TPSA) is 82.4 Å². The predicted octanol–water partition coefficient (Wildman–Crippen LogP) is 4.56. The van der Waals surface area contributed by atoms with Gasteiger partial charge in [-0.2, -0.15) is 0 Å². The van der Waals surface area contributed by atoms with Crippen LogP contribution in [-0.4, -0.2) is 56.1 Å². The summed E-state index contributed by atoms with van der Waals surface area (Å²) in [5.41, 5.74) is 2.94. The highest BCUT2D eigenvalue weighted by atomic mass is 32.2. The molecule has 182 valence electrons. The molecule has 36 heavy (non-hydrogen) atoms. The van der Waals surface area contributed by atoms with Gasteiger partial charge in [-0.3, -0.25) is 14.3 Å². The summed E-state index contributed by atoms with van der Waals surface area (Å²) in [5, 5.41) is 9.58. The first kappa shape index (κ1) is 22.6. The Morgan fingerprint density at radius 3 is 2.61 bits per heavy atom. The van der Waals surface area contributed by atoms with E-state index < -0.39 is 0 Å². The molecule has 1 saturated heterocycles. The number of fused-ring (bicyclic) bond motifs is 1. The maximum Gasteiger partial charge on any atom is 0.233 e. The van der Waals surface area contributed by atoms with Gasteiger partial charge in [-0.15, -0.1) is 10.2 Å². The largest absolute Gasteiger partial charge is 0.486 e. The van der Waals surface area contributed by atoms with E-state index in [4.69, 9.17) is 9.47 Å². The molecular formula is C27H25N5O3S. The molecule has 1 atom stereocenters. The van der Waals surface area contributed by atoms with Crippen LogP contribution >= 0.6 is 11.8 Å². The number of thioether (sulfide) groups is 1. The molecule has 1 fully saturated rings. The number of pyridine rings is 1. The average Bonchev–Trinajstić information content (AvgIpc) is 3.60. The number of rotatable bonds is 6. The fourth-order valence-electron chi connectivity index (χ4n) is 4.75. The van der Waals surface area contributed by atoms with Crippen LogP contribution in [-0.2, 0) is 4.79 Å². The lowest BCUT2D eigenvalue weighted by atomic mass is 10.0. The first-order valence-electron chi connectivity index (χ1n) is 12.0. The fourth-order valence-corrected chi connectivity index (χ4v) is 5.59. The Kier molecular flexibility index (Phi) is 6.29. The van der Waals surface area contributed by atoms with E-state index in [-0.39, 0.29) is 17.7 Å². The zero-order valence-corrected chi connectivity index (χ0v) is 20.4. The van der Waals surface area contributed by atoms with Crippen molar-refractivity contribution < 1.29 is 14.3 Å². The third kappa shape index (κ3) is 4.42. The highest BCUT2D eigenvalue weighted by Gasteiger charge is 2.31. The van der Waals surface area contributed by atoms with Gasteiger partial charge in [-0.05, 0) is 54.8 Å². The van der Waals surface area contributed by atoms with Crippen molar-refractivity contribution in [1.82, 2.24) is 24.6 Å². The summed E-state index contributed by atoms with van der Waals surface area (Å²) in [6.07, 6.45) is 5.38. The molecule has 1 amide bonds. The van der Waals surface area contributed by atoms with Crippen LogP contribution in [0.4, 0.5) is 0 Å². The van der Waals surface area contributed by atoms with Crippen LogP contribution in [0.15, 0.2) is 78.2 Å². The SMILES string of the molecule is O=C(CSc1nnc(-c2ccncc2)n1-c1ccccc1)N1CCC[C@H]1c1ccc2c(c1)OCCO2. The fraction of sp³-hybridized carbons (Fsp3) is 0.259. The van der Waals surface area contributed by atoms with Crippen LogP contribution < -0.4 is 9.47 Å². The van der Waals surface area contributed by atoms with E-state index >= 15 is 0 Å². The Bertz CT molecular complexity index is 1360. The third-order valence-corrected chi connectivity index (χ3v) is 7.35. The highest BCUT2D eigenvalue weighted by Crippen LogP contribution is 2.38. The molecule has 4 aromatic rings. The summed E-state index contributed by atoms with van der Waals surface area (Å²) in [7, 11) is 0. The van der Waals surface area contributed by atoms with E-state index in [9.17, 15) is 4.79 Å². The number of aromatic nitrogens is 4. The maximum atomic E-state index is 13.4. The Hall–Kier alpha value is -3.85. The first-order chi connectivity index (χ1) is 17.8. The second-order valence-corrected chi connectivity index (χ2v) is 9.59. The van der Waals surface area contributed by atoms with Gasteiger partial charge < -0.3 is 14.4 Å². The second-order valence-electron chi connectivity index (χ2n) is 8.65. The quantitative estimate of drug-likeness (QED) is 0.360. The van der Waals surface area contributed by atoms with Gasteiger partial charge in [0.1, 0.15) is 13.2 Å². The number of carbonyl (C=O) groups is 1. The first-order valence-corrected chi connectivity index (χ1v) is 13.0. The number of benzene rings is 2. The number of ether oxygens (including phenoxy) is 2. The van der Waals surface area contributed by atoms with Gasteiger partial charge in [0.15, 0.2) is 22.5 Å². The van der Waals surface area contributed by atoms with Gasteiger partial charge in [0.25, 0.3) is 0 Å². The van der Waals surface area contributed by atoms with E-state index in [0.717, 1.165) is 47.7 Å². The van der Waals surface area contributed by atoms with Gasteiger partial charge in [0.05, 0.1) is 11.8 Å². The molecule has 2 aromatic carbocycles. The van der Waals surface area contributed by atoms with Crippen LogP contribution in [0.25, 0.3) is 17.1 Å². The zero-order valence-electron chi connectivity index (χ0n) is 19.6. The Balaban J connectivity index is 1.22. The van der Waals surface area contributed by atoms with Crippen LogP contribution in [0.1, 0.15) is 24.4 Å². The van der Waals surface area contributed by atoms with Crippen molar-refractivity contribution in [1.29, 1.82) is 0 Å². The molecule has 0 aliphatic carbocycles. The predicted molar refractivity (Wildman–Crippen MR) is 136 cm³/mol. The van der Waals surface area contributed by atoms with Crippen molar-refractivity contribution in [2.45, 2.75) is 24.0 Å². The Morgan fingerprint density at radius 1 is 0.972 bits per heavy atom. The number of hydrogen-bond acceptors (Lipinski definition) is 7. The number of hydrogen-bond donors (Lipinski definition) is 0. The van der Waals surface area contributed by atoms with Gasteiger partial charge >= 0.3 is 0 Å². The van der Waals surface area contributed by atoms with Crippen molar-refractivity contribution in [3.8, 4) is 28.6 Å². The molecule has 0 N–H and O–H groups in total. The van der Waals surface area contributed by atoms with E-state index in [1.165, 1.54) is 11.8 Å². The third-order valence-electron chi connectivity index (χ3n) is 6.44. The van der Waals surface area contributed by atoms with Crippen LogP contribution in [0.5, 0.6) is 11.5 Å². The Labute approximate surface area is 213 Å². The second kappa shape index (κ2) is 10.0. The van der Waals surface area contributed by atoms with Crippen LogP contribution in [0, 0.1) is 0 Å². The molecule has 2 aromatic heterocycles. The average molecular weight is 500 g/mol. The molecule has 8 nitrogen and oxygen atoms in total. The maximum absolute atomic E-state index is 13.4. The molecule has 6 rings (SSSR count). The smallest absolute Gasteiger partial charge is 0.233 e. The van der Waals surface area contributed by atoms with Gasteiger partial charge in [0.2, 0.25) is 5.91 Å². The highest BCUT2D eigenvalue weighted by molar-refractivity contribution is 7.99. The summed E-state index contributed by atoms with van der Waals surface area (Å²) >= 11 is 1.41. The molecule has 0 bridgehead atoms. The van der Waals surface area contributed by atoms with Crippen molar-refractivity contribution >= 4 is 17.7 Å². The molecular weight excluding hydrogens is 474 g/mol. The van der Waals surface area contributed by atoms with Crippen molar-refractivity contribution in [3.63, 3.8) is 0 Å². The molecule has 0 unspecified atom stereocenters. The molecule has 4 heterocycles. The van der Waals surface area contributed by atoms with Crippen molar-refractivity contribution in [3.05, 3.63) is 78.6 Å². The number of para-hydroxylation sites is 1. The van der Waals surface area contributed by atoms with Crippen molar-refractivity contribution in [2.75, 3.05) is 25.5 Å². The monoisotopic (exact) mass is 499 g/mol. The zero-order chi connectivity index (χ0) is 24.3.